The topological polar surface area (TPSA) is 72.9 Å². The summed E-state index contributed by atoms with van der Waals surface area (Å²) in [4.78, 5) is 12.0. The predicted molar refractivity (Wildman–Crippen MR) is 68.8 cm³/mol. The summed E-state index contributed by atoms with van der Waals surface area (Å²) in [7, 11) is 1.74. The zero-order valence-electron chi connectivity index (χ0n) is 11.1. The van der Waals surface area contributed by atoms with Crippen LogP contribution in [0.1, 0.15) is 49.8 Å². The number of aryl methyl sites for hydroxylation is 2. The smallest absolute Gasteiger partial charge is 0.271 e. The van der Waals surface area contributed by atoms with Gasteiger partial charge in [0.25, 0.3) is 5.91 Å². The third kappa shape index (κ3) is 2.99. The molecule has 0 radical (unpaired) electrons. The van der Waals surface area contributed by atoms with Crippen molar-refractivity contribution in [3.8, 4) is 0 Å². The summed E-state index contributed by atoms with van der Waals surface area (Å²) in [6.45, 7) is 6.06. The van der Waals surface area contributed by atoms with E-state index in [4.69, 9.17) is 5.73 Å². The van der Waals surface area contributed by atoms with Crippen molar-refractivity contribution in [3.63, 3.8) is 0 Å². The highest BCUT2D eigenvalue weighted by Gasteiger charge is 2.19. The fourth-order valence-electron chi connectivity index (χ4n) is 1.92. The van der Waals surface area contributed by atoms with Crippen molar-refractivity contribution in [1.29, 1.82) is 0 Å². The van der Waals surface area contributed by atoms with Crippen LogP contribution in [0.3, 0.4) is 0 Å². The second-order valence-electron chi connectivity index (χ2n) is 4.35. The Morgan fingerprint density at radius 3 is 2.65 bits per heavy atom. The number of carbonyl (C=O) groups is 1. The number of carbonyl (C=O) groups excluding carboxylic acids is 1. The Morgan fingerprint density at radius 1 is 1.53 bits per heavy atom. The van der Waals surface area contributed by atoms with Gasteiger partial charge in [-0.3, -0.25) is 9.48 Å². The van der Waals surface area contributed by atoms with Crippen LogP contribution >= 0.6 is 0 Å². The van der Waals surface area contributed by atoms with Gasteiger partial charge in [0.2, 0.25) is 0 Å². The van der Waals surface area contributed by atoms with Crippen LogP contribution < -0.4 is 11.1 Å². The molecule has 1 aromatic rings. The van der Waals surface area contributed by atoms with Crippen LogP contribution in [-0.4, -0.2) is 21.7 Å². The van der Waals surface area contributed by atoms with Crippen molar-refractivity contribution in [3.05, 3.63) is 11.4 Å². The summed E-state index contributed by atoms with van der Waals surface area (Å²) in [5.41, 5.74) is 7.66. The third-order valence-electron chi connectivity index (χ3n) is 2.81. The number of nitrogens with two attached hydrogens (primary N) is 1. The number of nitrogen functional groups attached to an aromatic ring is 1. The van der Waals surface area contributed by atoms with E-state index in [-0.39, 0.29) is 11.9 Å². The van der Waals surface area contributed by atoms with Crippen LogP contribution in [-0.2, 0) is 13.5 Å². The lowest BCUT2D eigenvalue weighted by molar-refractivity contribution is 0.0930. The van der Waals surface area contributed by atoms with Crippen LogP contribution in [0.2, 0.25) is 0 Å². The summed E-state index contributed by atoms with van der Waals surface area (Å²) in [6, 6.07) is 0.159. The summed E-state index contributed by atoms with van der Waals surface area (Å²) in [6.07, 6.45) is 2.74. The molecule has 0 fully saturated rings. The lowest BCUT2D eigenvalue weighted by Gasteiger charge is -2.13. The van der Waals surface area contributed by atoms with Crippen molar-refractivity contribution in [1.82, 2.24) is 15.1 Å². The van der Waals surface area contributed by atoms with E-state index in [9.17, 15) is 4.79 Å². The fourth-order valence-corrected chi connectivity index (χ4v) is 1.92. The van der Waals surface area contributed by atoms with Crippen LogP contribution in [0.4, 0.5) is 5.69 Å². The van der Waals surface area contributed by atoms with Gasteiger partial charge in [-0.1, -0.05) is 20.3 Å². The van der Waals surface area contributed by atoms with Crippen molar-refractivity contribution in [2.24, 2.45) is 7.05 Å². The minimum atomic E-state index is -0.141. The van der Waals surface area contributed by atoms with Crippen LogP contribution in [0.15, 0.2) is 0 Å². The first-order chi connectivity index (χ1) is 8.01. The molecule has 0 bridgehead atoms. The zero-order valence-corrected chi connectivity index (χ0v) is 11.1. The molecule has 0 aromatic carbocycles. The highest BCUT2D eigenvalue weighted by molar-refractivity contribution is 5.98. The largest absolute Gasteiger partial charge is 0.395 e. The highest BCUT2D eigenvalue weighted by Crippen LogP contribution is 2.17. The predicted octanol–water partition coefficient (Wildman–Crippen LogP) is 1.48. The molecule has 1 unspecified atom stereocenters. The SMILES string of the molecule is CCCC(C)NC(=O)c1c(N)c(CC)nn1C. The maximum atomic E-state index is 12.0. The molecule has 17 heavy (non-hydrogen) atoms. The van der Waals surface area contributed by atoms with E-state index in [0.717, 1.165) is 25.0 Å². The Kier molecular flexibility index (Phi) is 4.54. The van der Waals surface area contributed by atoms with E-state index in [1.54, 1.807) is 11.7 Å². The molecule has 1 rings (SSSR count). The van der Waals surface area contributed by atoms with E-state index in [1.165, 1.54) is 0 Å². The maximum absolute atomic E-state index is 12.0. The molecular weight excluding hydrogens is 216 g/mol. The van der Waals surface area contributed by atoms with Crippen LogP contribution in [0, 0.1) is 0 Å². The van der Waals surface area contributed by atoms with Gasteiger partial charge in [0.05, 0.1) is 11.4 Å². The van der Waals surface area contributed by atoms with Crippen molar-refractivity contribution >= 4 is 11.6 Å². The Balaban J connectivity index is 2.85. The fraction of sp³-hybridized carbons (Fsp3) is 0.667. The molecule has 0 aliphatic rings. The monoisotopic (exact) mass is 238 g/mol. The average Bonchev–Trinajstić information content (AvgIpc) is 2.53. The van der Waals surface area contributed by atoms with E-state index in [2.05, 4.69) is 17.3 Å². The minimum absolute atomic E-state index is 0.141. The Labute approximate surface area is 102 Å². The molecule has 0 aliphatic heterocycles. The average molecular weight is 238 g/mol. The lowest BCUT2D eigenvalue weighted by Crippen LogP contribution is -2.34. The second-order valence-corrected chi connectivity index (χ2v) is 4.35. The van der Waals surface area contributed by atoms with Gasteiger partial charge in [-0.05, 0) is 19.8 Å². The molecule has 1 amide bonds. The first-order valence-electron chi connectivity index (χ1n) is 6.13. The Hall–Kier alpha value is -1.52. The molecule has 96 valence electrons. The van der Waals surface area contributed by atoms with E-state index in [1.807, 2.05) is 13.8 Å². The molecule has 1 heterocycles. The summed E-state index contributed by atoms with van der Waals surface area (Å²) < 4.78 is 1.56. The molecule has 0 saturated heterocycles. The first kappa shape index (κ1) is 13.5. The van der Waals surface area contributed by atoms with Gasteiger partial charge in [-0.15, -0.1) is 0 Å². The van der Waals surface area contributed by atoms with E-state index >= 15 is 0 Å². The standard InChI is InChI=1S/C12H22N4O/c1-5-7-8(3)14-12(17)11-10(13)9(6-2)15-16(11)4/h8H,5-7,13H2,1-4H3,(H,14,17). The summed E-state index contributed by atoms with van der Waals surface area (Å²) in [5.74, 6) is -0.141. The molecule has 0 aliphatic carbocycles. The van der Waals surface area contributed by atoms with Gasteiger partial charge in [0, 0.05) is 13.1 Å². The lowest BCUT2D eigenvalue weighted by atomic mass is 10.2. The minimum Gasteiger partial charge on any atom is -0.395 e. The first-order valence-corrected chi connectivity index (χ1v) is 6.13. The second kappa shape index (κ2) is 5.70. The number of anilines is 1. The quantitative estimate of drug-likeness (QED) is 0.816. The third-order valence-corrected chi connectivity index (χ3v) is 2.81. The van der Waals surface area contributed by atoms with Crippen molar-refractivity contribution in [2.75, 3.05) is 5.73 Å². The number of rotatable bonds is 5. The van der Waals surface area contributed by atoms with Crippen LogP contribution in [0.25, 0.3) is 0 Å². The summed E-state index contributed by atoms with van der Waals surface area (Å²) >= 11 is 0. The number of hydrogen-bond acceptors (Lipinski definition) is 3. The number of nitrogens with one attached hydrogen (secondary N) is 1. The molecule has 5 heteroatoms. The van der Waals surface area contributed by atoms with Crippen LogP contribution in [0.5, 0.6) is 0 Å². The molecule has 1 atom stereocenters. The van der Waals surface area contributed by atoms with Gasteiger partial charge in [0.1, 0.15) is 5.69 Å². The van der Waals surface area contributed by atoms with Gasteiger partial charge in [0.15, 0.2) is 0 Å². The number of hydrogen-bond donors (Lipinski definition) is 2. The van der Waals surface area contributed by atoms with Gasteiger partial charge in [-0.2, -0.15) is 5.10 Å². The highest BCUT2D eigenvalue weighted by atomic mass is 16.2. The van der Waals surface area contributed by atoms with Gasteiger partial charge < -0.3 is 11.1 Å². The maximum Gasteiger partial charge on any atom is 0.271 e. The molecular formula is C12H22N4O. The Morgan fingerprint density at radius 2 is 2.18 bits per heavy atom. The normalized spacial score (nSPS) is 12.5. The summed E-state index contributed by atoms with van der Waals surface area (Å²) in [5, 5.41) is 7.17. The van der Waals surface area contributed by atoms with E-state index in [0.29, 0.717) is 11.4 Å². The molecule has 0 spiro atoms. The van der Waals surface area contributed by atoms with Crippen molar-refractivity contribution < 1.29 is 4.79 Å². The van der Waals surface area contributed by atoms with Gasteiger partial charge >= 0.3 is 0 Å². The zero-order chi connectivity index (χ0) is 13.0. The van der Waals surface area contributed by atoms with Gasteiger partial charge in [-0.25, -0.2) is 0 Å². The number of amides is 1. The molecule has 0 saturated carbocycles. The van der Waals surface area contributed by atoms with E-state index < -0.39 is 0 Å². The van der Waals surface area contributed by atoms with Crippen molar-refractivity contribution in [2.45, 2.75) is 46.1 Å². The number of nitrogens with zero attached hydrogens (tertiary/aromatic N) is 2. The molecule has 5 nitrogen and oxygen atoms in total. The number of aromatic nitrogens is 2. The molecule has 1 aromatic heterocycles. The molecule has 3 N–H and O–H groups in total. The Bertz CT molecular complexity index is 397.